The minimum atomic E-state index is -2.17. The molecule has 0 radical (unpaired) electrons. The molecule has 0 aromatic rings. The van der Waals surface area contributed by atoms with Crippen molar-refractivity contribution in [2.45, 2.75) is 0 Å². The van der Waals surface area contributed by atoms with Crippen LogP contribution >= 0.6 is 0 Å². The third kappa shape index (κ3) is 43.3. The second kappa shape index (κ2) is 16.3. The van der Waals surface area contributed by atoms with E-state index in [-0.39, 0.29) is 110 Å². The standard InChI is InChI=1S/BH3O3.Ba.Ca.Mg.6H/c2-1(3)4;;;;;;;;;/h2-4H;;;;;;;;;. The van der Waals surface area contributed by atoms with Crippen molar-refractivity contribution in [3.8, 4) is 0 Å². The fourth-order valence-electron chi connectivity index (χ4n) is 0. The fourth-order valence-corrected chi connectivity index (χ4v) is 0. The van der Waals surface area contributed by atoms with Gasteiger partial charge in [0.05, 0.1) is 0 Å². The van der Waals surface area contributed by atoms with E-state index in [1.807, 2.05) is 0 Å². The number of rotatable bonds is 0. The molecule has 0 aliphatic carbocycles. The molecule has 0 amide bonds. The Bertz CT molecular complexity index is 19.7. The third-order valence-electron chi connectivity index (χ3n) is 0. The summed E-state index contributed by atoms with van der Waals surface area (Å²) in [6.45, 7) is 0. The summed E-state index contributed by atoms with van der Waals surface area (Å²) in [6, 6.07) is 0. The largest absolute Gasteiger partial charge is 0.316 e. The van der Waals surface area contributed by atoms with E-state index >= 15 is 0 Å². The van der Waals surface area contributed by atoms with Gasteiger partial charge >= 0.3 is 117 Å². The van der Waals surface area contributed by atoms with Gasteiger partial charge < -0.3 is 15.1 Å². The number of hydrogen-bond acceptors (Lipinski definition) is 3. The van der Waals surface area contributed by atoms with Crippen molar-refractivity contribution in [2.24, 2.45) is 0 Å². The summed E-state index contributed by atoms with van der Waals surface area (Å²) in [5, 5.41) is 21.5. The van der Waals surface area contributed by atoms with Crippen molar-refractivity contribution in [1.82, 2.24) is 0 Å². The average molecular weight is 270 g/mol. The summed E-state index contributed by atoms with van der Waals surface area (Å²) in [5.41, 5.74) is 0. The summed E-state index contributed by atoms with van der Waals surface area (Å²) in [7, 11) is -2.17. The molecular formula is H9BBaCaMgO3. The van der Waals surface area contributed by atoms with Crippen molar-refractivity contribution in [2.75, 3.05) is 0 Å². The van der Waals surface area contributed by atoms with E-state index in [4.69, 9.17) is 15.1 Å². The molecule has 0 bridgehead atoms. The third-order valence-corrected chi connectivity index (χ3v) is 0. The van der Waals surface area contributed by atoms with E-state index in [1.54, 1.807) is 0 Å². The van der Waals surface area contributed by atoms with Crippen LogP contribution in [-0.2, 0) is 0 Å². The van der Waals surface area contributed by atoms with E-state index in [2.05, 4.69) is 0 Å². The molecule has 36 valence electrons. The van der Waals surface area contributed by atoms with Crippen LogP contribution in [0.1, 0.15) is 0 Å². The molecule has 3 nitrogen and oxygen atoms in total. The van der Waals surface area contributed by atoms with Crippen LogP contribution in [0.3, 0.4) is 0 Å². The maximum atomic E-state index is 7.17. The molecule has 3 N–H and O–H groups in total. The summed E-state index contributed by atoms with van der Waals surface area (Å²) in [6.07, 6.45) is 0. The van der Waals surface area contributed by atoms with Crippen LogP contribution in [0.5, 0.6) is 0 Å². The minimum absolute atomic E-state index is 0. The van der Waals surface area contributed by atoms with Gasteiger partial charge in [-0.2, -0.15) is 0 Å². The van der Waals surface area contributed by atoms with Gasteiger partial charge in [0.2, 0.25) is 0 Å². The second-order valence-corrected chi connectivity index (χ2v) is 0.346. The molecule has 0 rings (SSSR count). The van der Waals surface area contributed by atoms with Crippen molar-refractivity contribution < 1.29 is 15.1 Å². The number of hydrogen-bond donors (Lipinski definition) is 3. The van der Waals surface area contributed by atoms with E-state index in [9.17, 15) is 0 Å². The molecule has 0 atom stereocenters. The van der Waals surface area contributed by atoms with Crippen LogP contribution < -0.4 is 0 Å². The second-order valence-electron chi connectivity index (χ2n) is 0.346. The SMILES string of the molecule is OB(O)O.[BaH2].[CaH2].[MgH2]. The molecule has 0 aliphatic heterocycles. The Hall–Kier alpha value is 3.54. The van der Waals surface area contributed by atoms with Crippen molar-refractivity contribution in [3.63, 3.8) is 0 Å². The van der Waals surface area contributed by atoms with E-state index < -0.39 is 7.32 Å². The van der Waals surface area contributed by atoms with E-state index in [1.165, 1.54) is 0 Å². The zero-order valence-electron chi connectivity index (χ0n) is 1.92. The predicted molar refractivity (Wildman–Crippen MR) is 38.0 cm³/mol. The summed E-state index contributed by atoms with van der Waals surface area (Å²) >= 11 is 0. The normalized spacial score (nSPS) is 3.86. The van der Waals surface area contributed by atoms with Crippen LogP contribution in [-0.4, -0.2) is 132 Å². The maximum Gasteiger partial charge on any atom is 0.316 e. The van der Waals surface area contributed by atoms with Crippen molar-refractivity contribution in [1.29, 1.82) is 0 Å². The smallest absolute Gasteiger partial charge is 0.316 e. The first-order valence-electron chi connectivity index (χ1n) is 0.775. The van der Waals surface area contributed by atoms with Gasteiger partial charge in [-0.05, 0) is 0 Å². The molecule has 0 unspecified atom stereocenters. The molecule has 0 aromatic heterocycles. The first-order valence-corrected chi connectivity index (χ1v) is 0.775. The Morgan fingerprint density at radius 1 is 1.00 bits per heavy atom. The van der Waals surface area contributed by atoms with Crippen LogP contribution in [0.15, 0.2) is 0 Å². The van der Waals surface area contributed by atoms with Crippen LogP contribution in [0.4, 0.5) is 0 Å². The van der Waals surface area contributed by atoms with Crippen molar-refractivity contribution in [3.05, 3.63) is 0 Å². The maximum absolute atomic E-state index is 7.17. The predicted octanol–water partition coefficient (Wildman–Crippen LogP) is -4.80. The van der Waals surface area contributed by atoms with E-state index in [0.717, 1.165) is 0 Å². The van der Waals surface area contributed by atoms with Gasteiger partial charge in [-0.1, -0.05) is 0 Å². The molecule has 0 aliphatic rings. The zero-order valence-corrected chi connectivity index (χ0v) is 1.92. The van der Waals surface area contributed by atoms with Gasteiger partial charge in [0, 0.05) is 0 Å². The first kappa shape index (κ1) is 22.4. The summed E-state index contributed by atoms with van der Waals surface area (Å²) < 4.78 is 0. The Morgan fingerprint density at radius 3 is 1.00 bits per heavy atom. The molecule has 7 heavy (non-hydrogen) atoms. The van der Waals surface area contributed by atoms with Crippen molar-refractivity contribution >= 4 is 117 Å². The molecule has 0 aromatic carbocycles. The topological polar surface area (TPSA) is 60.7 Å². The molecule has 0 spiro atoms. The Balaban J connectivity index is -0.0000000150. The Morgan fingerprint density at radius 2 is 1.00 bits per heavy atom. The molecule has 0 fully saturated rings. The average Bonchev–Trinajstić information content (AvgIpc) is 0.811. The first-order chi connectivity index (χ1) is 1.73. The van der Waals surface area contributed by atoms with Gasteiger partial charge in [0.1, 0.15) is 0 Å². The van der Waals surface area contributed by atoms with Gasteiger partial charge in [-0.3, -0.25) is 0 Å². The van der Waals surface area contributed by atoms with Gasteiger partial charge in [0.15, 0.2) is 0 Å². The monoisotopic (exact) mass is 270 g/mol. The quantitative estimate of drug-likeness (QED) is 0.387. The molecule has 0 heterocycles. The molecule has 0 saturated heterocycles. The van der Waals surface area contributed by atoms with Gasteiger partial charge in [-0.15, -0.1) is 0 Å². The fraction of sp³-hybridized carbons (Fsp3) is 0. The Kier molecular flexibility index (Phi) is 52.1. The zero-order chi connectivity index (χ0) is 3.58. The summed E-state index contributed by atoms with van der Waals surface area (Å²) in [5.74, 6) is 0. The van der Waals surface area contributed by atoms with Crippen LogP contribution in [0.25, 0.3) is 0 Å². The Labute approximate surface area is 129 Å². The van der Waals surface area contributed by atoms with Gasteiger partial charge in [0.25, 0.3) is 0 Å². The van der Waals surface area contributed by atoms with Crippen LogP contribution in [0.2, 0.25) is 0 Å². The van der Waals surface area contributed by atoms with Crippen LogP contribution in [0, 0.1) is 0 Å². The minimum Gasteiger partial charge on any atom is 0.316 e. The molecular weight excluding hydrogens is 261 g/mol. The summed E-state index contributed by atoms with van der Waals surface area (Å²) in [4.78, 5) is 0. The molecule has 0 saturated carbocycles. The van der Waals surface area contributed by atoms with Gasteiger partial charge in [-0.25, -0.2) is 0 Å². The molecule has 7 heteroatoms. The van der Waals surface area contributed by atoms with E-state index in [0.29, 0.717) is 0 Å².